The molecule has 1 aliphatic heterocycles. The summed E-state index contributed by atoms with van der Waals surface area (Å²) >= 11 is 6.66. The van der Waals surface area contributed by atoms with E-state index < -0.39 is 0 Å². The second-order valence-corrected chi connectivity index (χ2v) is 7.95. The van der Waals surface area contributed by atoms with Gasteiger partial charge in [0, 0.05) is 35.7 Å². The lowest BCUT2D eigenvalue weighted by atomic mass is 9.98. The predicted molar refractivity (Wildman–Crippen MR) is 119 cm³/mol. The Hall–Kier alpha value is -2.14. The molecule has 29 heavy (non-hydrogen) atoms. The monoisotopic (exact) mass is 410 g/mol. The van der Waals surface area contributed by atoms with Crippen LogP contribution in [-0.4, -0.2) is 35.8 Å². The van der Waals surface area contributed by atoms with Crippen molar-refractivity contribution in [1.82, 2.24) is 9.47 Å². The first-order chi connectivity index (χ1) is 14.2. The maximum atomic E-state index is 13.4. The fraction of sp³-hybridized carbons (Fsp3) is 0.375. The molecule has 1 fully saturated rings. The third-order valence-corrected chi connectivity index (χ3v) is 6.02. The maximum Gasteiger partial charge on any atom is 0.258 e. The van der Waals surface area contributed by atoms with E-state index in [0.717, 1.165) is 53.0 Å². The highest BCUT2D eigenvalue weighted by Gasteiger charge is 2.29. The van der Waals surface area contributed by atoms with Crippen molar-refractivity contribution in [3.8, 4) is 0 Å². The second kappa shape index (κ2) is 9.12. The van der Waals surface area contributed by atoms with Gasteiger partial charge in [-0.3, -0.25) is 9.69 Å². The van der Waals surface area contributed by atoms with Crippen molar-refractivity contribution in [3.05, 3.63) is 81.2 Å². The Morgan fingerprint density at radius 2 is 1.79 bits per heavy atom. The van der Waals surface area contributed by atoms with Gasteiger partial charge in [0.15, 0.2) is 0 Å². The summed E-state index contributed by atoms with van der Waals surface area (Å²) in [4.78, 5) is 15.8. The Morgan fingerprint density at radius 1 is 1.07 bits per heavy atom. The van der Waals surface area contributed by atoms with Crippen LogP contribution in [0, 0.1) is 0 Å². The number of hydrogen-bond acceptors (Lipinski definition) is 3. The third-order valence-electron chi connectivity index (χ3n) is 5.68. The van der Waals surface area contributed by atoms with Gasteiger partial charge in [0.2, 0.25) is 0 Å². The van der Waals surface area contributed by atoms with Gasteiger partial charge < -0.3 is 9.30 Å². The Morgan fingerprint density at radius 3 is 2.55 bits per heavy atom. The summed E-state index contributed by atoms with van der Waals surface area (Å²) in [5.74, 6) is 0. The van der Waals surface area contributed by atoms with E-state index in [4.69, 9.17) is 16.3 Å². The SMILES string of the molecule is CCCCn1c(C(c2ccccc2Cl)N2CCOCC2)cc2ccccc2c1=O. The summed E-state index contributed by atoms with van der Waals surface area (Å²) in [5, 5.41) is 2.48. The number of halogens is 1. The Kier molecular flexibility index (Phi) is 6.34. The van der Waals surface area contributed by atoms with Crippen LogP contribution in [0.1, 0.15) is 37.1 Å². The highest BCUT2D eigenvalue weighted by Crippen LogP contribution is 2.34. The Bertz CT molecular complexity index is 1040. The largest absolute Gasteiger partial charge is 0.379 e. The molecule has 1 unspecified atom stereocenters. The topological polar surface area (TPSA) is 34.5 Å². The summed E-state index contributed by atoms with van der Waals surface area (Å²) in [6.45, 7) is 5.86. The maximum absolute atomic E-state index is 13.4. The van der Waals surface area contributed by atoms with E-state index in [0.29, 0.717) is 19.8 Å². The summed E-state index contributed by atoms with van der Waals surface area (Å²) in [6, 6.07) is 17.9. The first-order valence-corrected chi connectivity index (χ1v) is 10.8. The first kappa shape index (κ1) is 20.1. The lowest BCUT2D eigenvalue weighted by molar-refractivity contribution is 0.0225. The molecule has 1 aliphatic rings. The quantitative estimate of drug-likeness (QED) is 0.581. The number of unbranched alkanes of at least 4 members (excludes halogenated alkanes) is 1. The molecule has 0 aliphatic carbocycles. The van der Waals surface area contributed by atoms with Gasteiger partial charge in [-0.05, 0) is 35.6 Å². The predicted octanol–water partition coefficient (Wildman–Crippen LogP) is 4.88. The van der Waals surface area contributed by atoms with Crippen molar-refractivity contribution in [3.63, 3.8) is 0 Å². The Labute approximate surface area is 176 Å². The van der Waals surface area contributed by atoms with E-state index in [1.807, 2.05) is 47.0 Å². The number of nitrogens with zero attached hydrogens (tertiary/aromatic N) is 2. The molecule has 0 N–H and O–H groups in total. The number of morpholine rings is 1. The summed E-state index contributed by atoms with van der Waals surface area (Å²) < 4.78 is 7.57. The lowest BCUT2D eigenvalue weighted by Gasteiger charge is -2.36. The normalized spacial score (nSPS) is 16.2. The van der Waals surface area contributed by atoms with E-state index in [9.17, 15) is 4.79 Å². The molecule has 1 aromatic heterocycles. The van der Waals surface area contributed by atoms with E-state index in [2.05, 4.69) is 24.0 Å². The van der Waals surface area contributed by atoms with Crippen LogP contribution in [0.5, 0.6) is 0 Å². The minimum absolute atomic E-state index is 0.0804. The summed E-state index contributed by atoms with van der Waals surface area (Å²) in [7, 11) is 0. The average Bonchev–Trinajstić information content (AvgIpc) is 2.76. The first-order valence-electron chi connectivity index (χ1n) is 10.4. The van der Waals surface area contributed by atoms with E-state index in [1.165, 1.54) is 0 Å². The van der Waals surface area contributed by atoms with Gasteiger partial charge in [-0.2, -0.15) is 0 Å². The molecule has 2 aromatic carbocycles. The molecular formula is C24H27ClN2O2. The molecule has 0 spiro atoms. The molecule has 5 heteroatoms. The standard InChI is InChI=1S/C24H27ClN2O2/c1-2-3-12-27-22(17-18-8-4-5-9-19(18)24(27)28)23(26-13-15-29-16-14-26)20-10-6-7-11-21(20)25/h4-11,17,23H,2-3,12-16H2,1H3. The molecule has 0 radical (unpaired) electrons. The van der Waals surface area contributed by atoms with E-state index in [1.54, 1.807) is 0 Å². The van der Waals surface area contributed by atoms with Crippen LogP contribution in [0.2, 0.25) is 5.02 Å². The highest BCUT2D eigenvalue weighted by molar-refractivity contribution is 6.31. The smallest absolute Gasteiger partial charge is 0.258 e. The van der Waals surface area contributed by atoms with E-state index >= 15 is 0 Å². The van der Waals surface area contributed by atoms with Gasteiger partial charge >= 0.3 is 0 Å². The van der Waals surface area contributed by atoms with Gasteiger partial charge in [-0.25, -0.2) is 0 Å². The van der Waals surface area contributed by atoms with Crippen molar-refractivity contribution in [2.45, 2.75) is 32.4 Å². The number of rotatable bonds is 6. The fourth-order valence-electron chi connectivity index (χ4n) is 4.17. The van der Waals surface area contributed by atoms with Crippen molar-refractivity contribution in [2.24, 2.45) is 0 Å². The zero-order chi connectivity index (χ0) is 20.2. The second-order valence-electron chi connectivity index (χ2n) is 7.54. The van der Waals surface area contributed by atoms with Crippen LogP contribution < -0.4 is 5.56 Å². The number of fused-ring (bicyclic) bond motifs is 1. The van der Waals surface area contributed by atoms with Crippen LogP contribution in [0.4, 0.5) is 0 Å². The molecule has 4 rings (SSSR count). The van der Waals surface area contributed by atoms with Crippen LogP contribution in [0.15, 0.2) is 59.4 Å². The molecule has 0 bridgehead atoms. The number of hydrogen-bond donors (Lipinski definition) is 0. The third kappa shape index (κ3) is 4.11. The minimum Gasteiger partial charge on any atom is -0.379 e. The summed E-state index contributed by atoms with van der Waals surface area (Å²) in [5.41, 5.74) is 2.13. The molecule has 0 amide bonds. The molecule has 3 aromatic rings. The number of ether oxygens (including phenoxy) is 1. The van der Waals surface area contributed by atoms with Gasteiger partial charge in [0.25, 0.3) is 5.56 Å². The van der Waals surface area contributed by atoms with Gasteiger partial charge in [0.1, 0.15) is 0 Å². The number of benzene rings is 2. The van der Waals surface area contributed by atoms with Crippen LogP contribution in [0.3, 0.4) is 0 Å². The highest BCUT2D eigenvalue weighted by atomic mass is 35.5. The molecule has 152 valence electrons. The molecule has 1 saturated heterocycles. The molecule has 2 heterocycles. The van der Waals surface area contributed by atoms with Crippen LogP contribution >= 0.6 is 11.6 Å². The van der Waals surface area contributed by atoms with Crippen molar-refractivity contribution in [1.29, 1.82) is 0 Å². The molecule has 4 nitrogen and oxygen atoms in total. The average molecular weight is 411 g/mol. The molecule has 1 atom stereocenters. The van der Waals surface area contributed by atoms with Crippen LogP contribution in [0.25, 0.3) is 10.8 Å². The minimum atomic E-state index is -0.0817. The Balaban J connectivity index is 1.95. The van der Waals surface area contributed by atoms with Crippen molar-refractivity contribution < 1.29 is 4.74 Å². The van der Waals surface area contributed by atoms with Crippen LogP contribution in [-0.2, 0) is 11.3 Å². The van der Waals surface area contributed by atoms with E-state index in [-0.39, 0.29) is 11.6 Å². The van der Waals surface area contributed by atoms with Crippen molar-refractivity contribution >= 4 is 22.4 Å². The lowest BCUT2D eigenvalue weighted by Crippen LogP contribution is -2.41. The zero-order valence-electron chi connectivity index (χ0n) is 16.8. The van der Waals surface area contributed by atoms with Gasteiger partial charge in [-0.1, -0.05) is 61.3 Å². The fourth-order valence-corrected chi connectivity index (χ4v) is 4.41. The summed E-state index contributed by atoms with van der Waals surface area (Å²) in [6.07, 6.45) is 2.00. The zero-order valence-corrected chi connectivity index (χ0v) is 17.6. The van der Waals surface area contributed by atoms with Gasteiger partial charge in [0.05, 0.1) is 19.3 Å². The van der Waals surface area contributed by atoms with Gasteiger partial charge in [-0.15, -0.1) is 0 Å². The number of aromatic nitrogens is 1. The molecule has 0 saturated carbocycles. The number of pyridine rings is 1. The molecular weight excluding hydrogens is 384 g/mol. The van der Waals surface area contributed by atoms with Crippen molar-refractivity contribution in [2.75, 3.05) is 26.3 Å².